The van der Waals surface area contributed by atoms with Crippen LogP contribution >= 0.6 is 0 Å². The summed E-state index contributed by atoms with van der Waals surface area (Å²) < 4.78 is 15.7. The summed E-state index contributed by atoms with van der Waals surface area (Å²) in [6.45, 7) is 1.50. The van der Waals surface area contributed by atoms with E-state index in [1.165, 1.54) is 14.0 Å². The second kappa shape index (κ2) is 6.49. The molecule has 7 nitrogen and oxygen atoms in total. The molecule has 24 heavy (non-hydrogen) atoms. The van der Waals surface area contributed by atoms with Crippen molar-refractivity contribution < 1.29 is 23.8 Å². The van der Waals surface area contributed by atoms with E-state index in [0.717, 1.165) is 0 Å². The van der Waals surface area contributed by atoms with Gasteiger partial charge < -0.3 is 24.8 Å². The van der Waals surface area contributed by atoms with Crippen LogP contribution in [-0.4, -0.2) is 25.7 Å². The minimum absolute atomic E-state index is 0.0868. The SMILES string of the molecule is COc1ccccc1NC(=O)Nc1cc2c(cc1C(C)=O)OCO2. The number of anilines is 2. The van der Waals surface area contributed by atoms with E-state index in [1.54, 1.807) is 36.4 Å². The van der Waals surface area contributed by atoms with Crippen molar-refractivity contribution in [1.29, 1.82) is 0 Å². The zero-order valence-corrected chi connectivity index (χ0v) is 13.2. The first kappa shape index (κ1) is 15.7. The van der Waals surface area contributed by atoms with Gasteiger partial charge in [-0.2, -0.15) is 0 Å². The third-order valence-electron chi connectivity index (χ3n) is 3.50. The van der Waals surface area contributed by atoms with Crippen molar-refractivity contribution >= 4 is 23.2 Å². The van der Waals surface area contributed by atoms with Gasteiger partial charge in [0.15, 0.2) is 17.3 Å². The van der Waals surface area contributed by atoms with Crippen LogP contribution in [0.25, 0.3) is 0 Å². The molecule has 1 aliphatic heterocycles. The lowest BCUT2D eigenvalue weighted by Crippen LogP contribution is -2.21. The van der Waals surface area contributed by atoms with E-state index >= 15 is 0 Å². The van der Waals surface area contributed by atoms with E-state index in [4.69, 9.17) is 14.2 Å². The highest BCUT2D eigenvalue weighted by Gasteiger charge is 2.20. The number of para-hydroxylation sites is 2. The summed E-state index contributed by atoms with van der Waals surface area (Å²) in [5.74, 6) is 1.30. The fourth-order valence-corrected chi connectivity index (χ4v) is 2.36. The van der Waals surface area contributed by atoms with Crippen LogP contribution in [0.2, 0.25) is 0 Å². The van der Waals surface area contributed by atoms with Gasteiger partial charge in [0.1, 0.15) is 5.75 Å². The number of Topliss-reactive ketones (excluding diaryl/α,β-unsaturated/α-hetero) is 1. The molecule has 0 radical (unpaired) electrons. The summed E-state index contributed by atoms with van der Waals surface area (Å²) in [4.78, 5) is 24.1. The summed E-state index contributed by atoms with van der Waals surface area (Å²) in [6, 6.07) is 9.65. The molecular formula is C17H16N2O5. The molecule has 1 heterocycles. The molecular weight excluding hydrogens is 312 g/mol. The van der Waals surface area contributed by atoms with E-state index in [1.807, 2.05) is 0 Å². The van der Waals surface area contributed by atoms with Crippen molar-refractivity contribution in [2.75, 3.05) is 24.5 Å². The van der Waals surface area contributed by atoms with Gasteiger partial charge in [0.25, 0.3) is 0 Å². The van der Waals surface area contributed by atoms with Gasteiger partial charge in [-0.05, 0) is 25.1 Å². The lowest BCUT2D eigenvalue weighted by atomic mass is 10.1. The number of urea groups is 1. The van der Waals surface area contributed by atoms with Crippen LogP contribution in [-0.2, 0) is 0 Å². The van der Waals surface area contributed by atoms with Crippen molar-refractivity contribution in [3.63, 3.8) is 0 Å². The van der Waals surface area contributed by atoms with Crippen LogP contribution in [0.4, 0.5) is 16.2 Å². The van der Waals surface area contributed by atoms with Crippen molar-refractivity contribution in [1.82, 2.24) is 0 Å². The summed E-state index contributed by atoms with van der Waals surface area (Å²) in [5.41, 5.74) is 1.20. The molecule has 0 atom stereocenters. The maximum atomic E-state index is 12.3. The second-order valence-corrected chi connectivity index (χ2v) is 5.09. The van der Waals surface area contributed by atoms with Gasteiger partial charge in [-0.15, -0.1) is 0 Å². The van der Waals surface area contributed by atoms with Crippen molar-refractivity contribution in [2.45, 2.75) is 6.92 Å². The number of benzene rings is 2. The van der Waals surface area contributed by atoms with Crippen LogP contribution in [0.15, 0.2) is 36.4 Å². The third-order valence-corrected chi connectivity index (χ3v) is 3.50. The van der Waals surface area contributed by atoms with Crippen molar-refractivity contribution in [2.24, 2.45) is 0 Å². The highest BCUT2D eigenvalue weighted by Crippen LogP contribution is 2.37. The number of ether oxygens (including phenoxy) is 3. The maximum Gasteiger partial charge on any atom is 0.323 e. The molecule has 7 heteroatoms. The molecule has 0 saturated heterocycles. The molecule has 0 aromatic heterocycles. The zero-order valence-electron chi connectivity index (χ0n) is 13.2. The first-order valence-electron chi connectivity index (χ1n) is 7.24. The summed E-state index contributed by atoms with van der Waals surface area (Å²) >= 11 is 0. The number of hydrogen-bond acceptors (Lipinski definition) is 5. The quantitative estimate of drug-likeness (QED) is 0.841. The molecule has 0 saturated carbocycles. The Labute approximate surface area is 138 Å². The number of methoxy groups -OCH3 is 1. The van der Waals surface area contributed by atoms with Crippen LogP contribution in [0, 0.1) is 0 Å². The highest BCUT2D eigenvalue weighted by molar-refractivity contribution is 6.07. The Morgan fingerprint density at radius 3 is 2.42 bits per heavy atom. The molecule has 0 aliphatic carbocycles. The fraction of sp³-hybridized carbons (Fsp3) is 0.176. The Kier molecular flexibility index (Phi) is 4.24. The van der Waals surface area contributed by atoms with Gasteiger partial charge in [0, 0.05) is 11.6 Å². The highest BCUT2D eigenvalue weighted by atomic mass is 16.7. The van der Waals surface area contributed by atoms with Gasteiger partial charge in [-0.25, -0.2) is 4.79 Å². The van der Waals surface area contributed by atoms with Crippen molar-refractivity contribution in [3.8, 4) is 17.2 Å². The number of rotatable bonds is 4. The van der Waals surface area contributed by atoms with Crippen LogP contribution in [0.1, 0.15) is 17.3 Å². The first-order valence-corrected chi connectivity index (χ1v) is 7.24. The van der Waals surface area contributed by atoms with Crippen LogP contribution in [0.3, 0.4) is 0 Å². The van der Waals surface area contributed by atoms with Gasteiger partial charge in [0.05, 0.1) is 18.5 Å². The lowest BCUT2D eigenvalue weighted by molar-refractivity contribution is 0.101. The maximum absolute atomic E-state index is 12.3. The first-order chi connectivity index (χ1) is 11.6. The molecule has 124 valence electrons. The number of ketones is 1. The number of hydrogen-bond donors (Lipinski definition) is 2. The van der Waals surface area contributed by atoms with E-state index in [-0.39, 0.29) is 12.6 Å². The van der Waals surface area contributed by atoms with Crippen molar-refractivity contribution in [3.05, 3.63) is 42.0 Å². The van der Waals surface area contributed by atoms with Crippen LogP contribution in [0.5, 0.6) is 17.2 Å². The average molecular weight is 328 g/mol. The minimum atomic E-state index is -0.499. The Balaban J connectivity index is 1.83. The predicted molar refractivity (Wildman–Crippen MR) is 88.2 cm³/mol. The van der Waals surface area contributed by atoms with E-state index in [9.17, 15) is 9.59 Å². The monoisotopic (exact) mass is 328 g/mol. The Hall–Kier alpha value is -3.22. The average Bonchev–Trinajstić information content (AvgIpc) is 3.01. The molecule has 2 amide bonds. The van der Waals surface area contributed by atoms with Gasteiger partial charge in [-0.1, -0.05) is 12.1 Å². The third kappa shape index (κ3) is 3.10. The topological polar surface area (TPSA) is 85.9 Å². The van der Waals surface area contributed by atoms with E-state index < -0.39 is 6.03 Å². The number of carbonyl (C=O) groups is 2. The molecule has 0 unspecified atom stereocenters. The molecule has 0 bridgehead atoms. The molecule has 1 aliphatic rings. The summed E-state index contributed by atoms with van der Waals surface area (Å²) in [7, 11) is 1.52. The number of carbonyl (C=O) groups excluding carboxylic acids is 2. The molecule has 2 N–H and O–H groups in total. The Morgan fingerprint density at radius 1 is 1.04 bits per heavy atom. The van der Waals surface area contributed by atoms with Gasteiger partial charge in [0.2, 0.25) is 6.79 Å². The predicted octanol–water partition coefficient (Wildman–Crippen LogP) is 3.27. The normalized spacial score (nSPS) is 11.8. The number of fused-ring (bicyclic) bond motifs is 1. The lowest BCUT2D eigenvalue weighted by Gasteiger charge is -2.13. The summed E-state index contributed by atoms with van der Waals surface area (Å²) in [5, 5.41) is 5.34. The van der Waals surface area contributed by atoms with Crippen LogP contribution < -0.4 is 24.8 Å². The largest absolute Gasteiger partial charge is 0.495 e. The fourth-order valence-electron chi connectivity index (χ4n) is 2.36. The Morgan fingerprint density at radius 2 is 1.71 bits per heavy atom. The molecule has 2 aromatic carbocycles. The molecule has 0 fully saturated rings. The smallest absolute Gasteiger partial charge is 0.323 e. The second-order valence-electron chi connectivity index (χ2n) is 5.09. The molecule has 3 rings (SSSR count). The van der Waals surface area contributed by atoms with E-state index in [0.29, 0.717) is 34.2 Å². The molecule has 0 spiro atoms. The van der Waals surface area contributed by atoms with Gasteiger partial charge >= 0.3 is 6.03 Å². The Bertz CT molecular complexity index is 804. The summed E-state index contributed by atoms with van der Waals surface area (Å²) in [6.07, 6.45) is 0. The number of amides is 2. The zero-order chi connectivity index (χ0) is 17.1. The van der Waals surface area contributed by atoms with Gasteiger partial charge in [-0.3, -0.25) is 4.79 Å². The standard InChI is InChI=1S/C17H16N2O5/c1-10(20)11-7-15-16(24-9-23-15)8-13(11)19-17(21)18-12-5-3-4-6-14(12)22-2/h3-8H,9H2,1-2H3,(H2,18,19,21). The molecule has 2 aromatic rings. The number of nitrogens with one attached hydrogen (secondary N) is 2. The van der Waals surface area contributed by atoms with E-state index in [2.05, 4.69) is 10.6 Å². The minimum Gasteiger partial charge on any atom is -0.495 e.